The predicted octanol–water partition coefficient (Wildman–Crippen LogP) is 3.87. The van der Waals surface area contributed by atoms with E-state index in [0.717, 1.165) is 5.56 Å². The Kier molecular flexibility index (Phi) is 9.33. The number of carbonyl (C=O) groups excluding carboxylic acids is 1. The topological polar surface area (TPSA) is 95.5 Å². The number of halogens is 1. The minimum Gasteiger partial charge on any atom is -0.490 e. The van der Waals surface area contributed by atoms with Crippen LogP contribution in [0, 0.1) is 0 Å². The van der Waals surface area contributed by atoms with Crippen molar-refractivity contribution >= 4 is 40.7 Å². The Morgan fingerprint density at radius 2 is 1.93 bits per heavy atom. The van der Waals surface area contributed by atoms with Crippen molar-refractivity contribution in [2.75, 3.05) is 20.3 Å². The molecule has 0 saturated heterocycles. The number of thioether (sulfide) groups is 1. The van der Waals surface area contributed by atoms with Gasteiger partial charge in [0.15, 0.2) is 23.3 Å². The highest BCUT2D eigenvalue weighted by Crippen LogP contribution is 2.33. The summed E-state index contributed by atoms with van der Waals surface area (Å²) in [5.41, 5.74) is 7.60. The monoisotopic (exact) mass is 435 g/mol. The van der Waals surface area contributed by atoms with Crippen molar-refractivity contribution in [1.82, 2.24) is 0 Å². The molecule has 0 atom stereocenters. The largest absolute Gasteiger partial charge is 0.490 e. The number of rotatable bonds is 9. The summed E-state index contributed by atoms with van der Waals surface area (Å²) in [5.74, 6) is 0.957. The Labute approximate surface area is 178 Å². The van der Waals surface area contributed by atoms with Crippen LogP contribution in [0.5, 0.6) is 11.5 Å². The average Bonchev–Trinajstić information content (AvgIpc) is 2.73. The standard InChI is InChI=1S/C20H22ClN3O4S/c1-3-27-17-9-15(16(21)10-18(17)28-12-19(25)26-2)11-23-24-20(22)29-13-14-7-5-4-6-8-14/h4-11H,3,12-13H2,1-2H3,(H2,22,24). The van der Waals surface area contributed by atoms with E-state index in [-0.39, 0.29) is 6.61 Å². The third-order valence-electron chi connectivity index (χ3n) is 3.52. The molecule has 2 rings (SSSR count). The van der Waals surface area contributed by atoms with Gasteiger partial charge >= 0.3 is 5.97 Å². The highest BCUT2D eigenvalue weighted by atomic mass is 35.5. The lowest BCUT2D eigenvalue weighted by Crippen LogP contribution is -2.13. The van der Waals surface area contributed by atoms with E-state index in [1.165, 1.54) is 25.1 Å². The smallest absolute Gasteiger partial charge is 0.343 e. The van der Waals surface area contributed by atoms with Gasteiger partial charge < -0.3 is 19.9 Å². The van der Waals surface area contributed by atoms with Gasteiger partial charge in [-0.2, -0.15) is 5.10 Å². The summed E-state index contributed by atoms with van der Waals surface area (Å²) in [6, 6.07) is 13.1. The highest BCUT2D eigenvalue weighted by Gasteiger charge is 2.12. The first-order valence-corrected chi connectivity index (χ1v) is 10.1. The molecule has 7 nitrogen and oxygen atoms in total. The van der Waals surface area contributed by atoms with Gasteiger partial charge in [-0.3, -0.25) is 0 Å². The lowest BCUT2D eigenvalue weighted by Gasteiger charge is -2.12. The fourth-order valence-electron chi connectivity index (χ4n) is 2.13. The average molecular weight is 436 g/mol. The molecule has 0 spiro atoms. The van der Waals surface area contributed by atoms with Crippen LogP contribution in [0.3, 0.4) is 0 Å². The van der Waals surface area contributed by atoms with Crippen LogP contribution in [-0.2, 0) is 15.3 Å². The van der Waals surface area contributed by atoms with Crippen molar-refractivity contribution < 1.29 is 19.0 Å². The van der Waals surface area contributed by atoms with E-state index in [2.05, 4.69) is 14.9 Å². The third-order valence-corrected chi connectivity index (χ3v) is 4.70. The van der Waals surface area contributed by atoms with E-state index in [9.17, 15) is 4.79 Å². The van der Waals surface area contributed by atoms with Crippen molar-refractivity contribution in [1.29, 1.82) is 0 Å². The highest BCUT2D eigenvalue weighted by molar-refractivity contribution is 8.13. The Hall–Kier alpha value is -2.71. The minimum atomic E-state index is -0.507. The molecule has 0 saturated carbocycles. The number of nitrogens with zero attached hydrogens (tertiary/aromatic N) is 2. The molecule has 9 heteroatoms. The summed E-state index contributed by atoms with van der Waals surface area (Å²) in [6.07, 6.45) is 1.48. The maximum Gasteiger partial charge on any atom is 0.343 e. The number of hydrogen-bond acceptors (Lipinski definition) is 7. The van der Waals surface area contributed by atoms with Gasteiger partial charge in [0.2, 0.25) is 0 Å². The summed E-state index contributed by atoms with van der Waals surface area (Å²) >= 11 is 7.67. The first-order valence-electron chi connectivity index (χ1n) is 8.72. The van der Waals surface area contributed by atoms with E-state index < -0.39 is 5.97 Å². The van der Waals surface area contributed by atoms with Crippen LogP contribution < -0.4 is 15.2 Å². The number of esters is 1. The number of carbonyl (C=O) groups is 1. The van der Waals surface area contributed by atoms with Crippen LogP contribution in [0.2, 0.25) is 5.02 Å². The molecule has 0 bridgehead atoms. The zero-order valence-electron chi connectivity index (χ0n) is 16.1. The summed E-state index contributed by atoms with van der Waals surface area (Å²) in [6.45, 7) is 2.00. The fraction of sp³-hybridized carbons (Fsp3) is 0.250. The Bertz CT molecular complexity index is 876. The van der Waals surface area contributed by atoms with Crippen LogP contribution in [0.1, 0.15) is 18.1 Å². The number of nitrogens with two attached hydrogens (primary N) is 1. The molecule has 0 aromatic heterocycles. The van der Waals surface area contributed by atoms with E-state index in [1.807, 2.05) is 37.3 Å². The SMILES string of the molecule is CCOc1cc(C=NN=C(N)SCc2ccccc2)c(Cl)cc1OCC(=O)OC. The third kappa shape index (κ3) is 7.67. The molecular weight excluding hydrogens is 414 g/mol. The number of amidine groups is 1. The summed E-state index contributed by atoms with van der Waals surface area (Å²) < 4.78 is 15.5. The Morgan fingerprint density at radius 3 is 2.62 bits per heavy atom. The molecular formula is C20H22ClN3O4S. The Morgan fingerprint density at radius 1 is 1.21 bits per heavy atom. The van der Waals surface area contributed by atoms with Crippen molar-refractivity contribution in [3.05, 3.63) is 58.6 Å². The summed E-state index contributed by atoms with van der Waals surface area (Å²) in [5, 5.41) is 8.68. The molecule has 0 aliphatic heterocycles. The Balaban J connectivity index is 2.06. The van der Waals surface area contributed by atoms with Crippen molar-refractivity contribution in [3.8, 4) is 11.5 Å². The minimum absolute atomic E-state index is 0.250. The molecule has 0 aliphatic rings. The summed E-state index contributed by atoms with van der Waals surface area (Å²) in [7, 11) is 1.28. The number of hydrogen-bond donors (Lipinski definition) is 1. The summed E-state index contributed by atoms with van der Waals surface area (Å²) in [4.78, 5) is 11.3. The van der Waals surface area contributed by atoms with Crippen molar-refractivity contribution in [2.24, 2.45) is 15.9 Å². The van der Waals surface area contributed by atoms with E-state index in [1.54, 1.807) is 12.1 Å². The maximum atomic E-state index is 11.3. The molecule has 0 fully saturated rings. The lowest BCUT2D eigenvalue weighted by molar-refractivity contribution is -0.142. The first-order chi connectivity index (χ1) is 14.0. The van der Waals surface area contributed by atoms with Gasteiger partial charge in [0, 0.05) is 17.4 Å². The number of benzene rings is 2. The van der Waals surface area contributed by atoms with Gasteiger partial charge in [0.1, 0.15) is 0 Å². The normalized spacial score (nSPS) is 11.5. The van der Waals surface area contributed by atoms with Gasteiger partial charge in [-0.1, -0.05) is 53.7 Å². The number of ether oxygens (including phenoxy) is 3. The zero-order chi connectivity index (χ0) is 21.1. The second kappa shape index (κ2) is 12.0. The molecule has 0 aliphatic carbocycles. The zero-order valence-corrected chi connectivity index (χ0v) is 17.7. The van der Waals surface area contributed by atoms with Crippen LogP contribution >= 0.6 is 23.4 Å². The second-order valence-electron chi connectivity index (χ2n) is 5.58. The molecule has 154 valence electrons. The van der Waals surface area contributed by atoms with Crippen molar-refractivity contribution in [2.45, 2.75) is 12.7 Å². The van der Waals surface area contributed by atoms with Gasteiger partial charge in [-0.15, -0.1) is 5.10 Å². The predicted molar refractivity (Wildman–Crippen MR) is 117 cm³/mol. The second-order valence-corrected chi connectivity index (χ2v) is 6.98. The molecule has 2 aromatic carbocycles. The van der Waals surface area contributed by atoms with Gasteiger partial charge in [0.25, 0.3) is 0 Å². The molecule has 29 heavy (non-hydrogen) atoms. The van der Waals surface area contributed by atoms with Crippen LogP contribution in [0.4, 0.5) is 0 Å². The maximum absolute atomic E-state index is 11.3. The van der Waals surface area contributed by atoms with Gasteiger partial charge in [-0.25, -0.2) is 4.79 Å². The van der Waals surface area contributed by atoms with E-state index in [4.69, 9.17) is 26.8 Å². The van der Waals surface area contributed by atoms with Crippen LogP contribution in [0.15, 0.2) is 52.7 Å². The van der Waals surface area contributed by atoms with Gasteiger partial charge in [-0.05, 0) is 18.6 Å². The van der Waals surface area contributed by atoms with E-state index in [0.29, 0.717) is 39.6 Å². The molecule has 0 radical (unpaired) electrons. The number of methoxy groups -OCH3 is 1. The molecule has 0 unspecified atom stereocenters. The molecule has 0 heterocycles. The van der Waals surface area contributed by atoms with Crippen LogP contribution in [-0.4, -0.2) is 37.7 Å². The van der Waals surface area contributed by atoms with Crippen LogP contribution in [0.25, 0.3) is 0 Å². The first kappa shape index (κ1) is 22.6. The molecule has 0 amide bonds. The van der Waals surface area contributed by atoms with E-state index >= 15 is 0 Å². The van der Waals surface area contributed by atoms with Gasteiger partial charge in [0.05, 0.1) is 25.0 Å². The molecule has 2 aromatic rings. The molecule has 2 N–H and O–H groups in total. The lowest BCUT2D eigenvalue weighted by atomic mass is 10.2. The quantitative estimate of drug-likeness (QED) is 0.278. The van der Waals surface area contributed by atoms with Crippen molar-refractivity contribution in [3.63, 3.8) is 0 Å². The fourth-order valence-corrected chi connectivity index (χ4v) is 2.95.